The van der Waals surface area contributed by atoms with Crippen LogP contribution in [0.15, 0.2) is 36.7 Å². The molecule has 0 saturated carbocycles. The van der Waals surface area contributed by atoms with E-state index in [1.165, 1.54) is 12.4 Å². The average molecular weight is 282 g/mol. The van der Waals surface area contributed by atoms with Crippen molar-refractivity contribution in [2.45, 2.75) is 13.5 Å². The van der Waals surface area contributed by atoms with E-state index < -0.39 is 5.97 Å². The topological polar surface area (TPSA) is 87.9 Å². The summed E-state index contributed by atoms with van der Waals surface area (Å²) in [6, 6.07) is 9.29. The van der Waals surface area contributed by atoms with Crippen LogP contribution < -0.4 is 5.32 Å². The maximum atomic E-state index is 11.4. The third-order valence-corrected chi connectivity index (χ3v) is 2.70. The van der Waals surface area contributed by atoms with Crippen molar-refractivity contribution in [3.8, 4) is 6.07 Å². The molecule has 2 aromatic rings. The van der Waals surface area contributed by atoms with Crippen molar-refractivity contribution in [2.75, 3.05) is 11.9 Å². The molecule has 0 spiro atoms. The van der Waals surface area contributed by atoms with Crippen LogP contribution in [0.5, 0.6) is 0 Å². The maximum absolute atomic E-state index is 11.4. The molecule has 1 N–H and O–H groups in total. The predicted molar refractivity (Wildman–Crippen MR) is 76.5 cm³/mol. The van der Waals surface area contributed by atoms with Crippen LogP contribution in [0.25, 0.3) is 0 Å². The number of hydrogen-bond acceptors (Lipinski definition) is 6. The number of hydrogen-bond donors (Lipinski definition) is 1. The molecule has 0 fully saturated rings. The van der Waals surface area contributed by atoms with E-state index in [2.05, 4.69) is 21.4 Å². The van der Waals surface area contributed by atoms with Crippen LogP contribution in [0.3, 0.4) is 0 Å². The number of aromatic nitrogens is 2. The SMILES string of the molecule is CCOC(=O)c1cnc(NCc2ccc(C#N)cc2)nc1. The van der Waals surface area contributed by atoms with Crippen LogP contribution in [-0.4, -0.2) is 22.5 Å². The van der Waals surface area contributed by atoms with Gasteiger partial charge in [0.2, 0.25) is 5.95 Å². The van der Waals surface area contributed by atoms with Crippen molar-refractivity contribution in [2.24, 2.45) is 0 Å². The minimum atomic E-state index is -0.434. The molecule has 0 aliphatic carbocycles. The van der Waals surface area contributed by atoms with Crippen LogP contribution in [0, 0.1) is 11.3 Å². The summed E-state index contributed by atoms with van der Waals surface area (Å²) in [5.74, 6) is -0.0106. The molecule has 0 unspecified atom stereocenters. The molecular weight excluding hydrogens is 268 g/mol. The van der Waals surface area contributed by atoms with Crippen molar-refractivity contribution in [3.63, 3.8) is 0 Å². The fourth-order valence-corrected chi connectivity index (χ4v) is 1.62. The Balaban J connectivity index is 1.94. The number of nitrogens with zero attached hydrogens (tertiary/aromatic N) is 3. The van der Waals surface area contributed by atoms with Gasteiger partial charge in [-0.1, -0.05) is 12.1 Å². The number of anilines is 1. The number of rotatable bonds is 5. The van der Waals surface area contributed by atoms with Crippen molar-refractivity contribution in [1.82, 2.24) is 9.97 Å². The molecule has 1 heterocycles. The molecule has 0 radical (unpaired) electrons. The molecule has 0 amide bonds. The Morgan fingerprint density at radius 2 is 1.95 bits per heavy atom. The van der Waals surface area contributed by atoms with E-state index >= 15 is 0 Å². The van der Waals surface area contributed by atoms with Gasteiger partial charge in [-0.3, -0.25) is 0 Å². The van der Waals surface area contributed by atoms with Crippen LogP contribution >= 0.6 is 0 Å². The predicted octanol–water partition coefficient (Wildman–Crippen LogP) is 2.14. The van der Waals surface area contributed by atoms with E-state index in [1.54, 1.807) is 19.1 Å². The zero-order valence-corrected chi connectivity index (χ0v) is 11.5. The van der Waals surface area contributed by atoms with Gasteiger partial charge in [0.15, 0.2) is 0 Å². The van der Waals surface area contributed by atoms with Crippen molar-refractivity contribution in [3.05, 3.63) is 53.3 Å². The van der Waals surface area contributed by atoms with E-state index in [-0.39, 0.29) is 0 Å². The standard InChI is InChI=1S/C15H14N4O2/c1-2-21-14(20)13-9-18-15(19-10-13)17-8-12-5-3-11(7-16)4-6-12/h3-6,9-10H,2,8H2,1H3,(H,17,18,19). The molecule has 1 aromatic carbocycles. The first-order valence-electron chi connectivity index (χ1n) is 6.45. The maximum Gasteiger partial charge on any atom is 0.341 e. The number of carbonyl (C=O) groups is 1. The second kappa shape index (κ2) is 7.01. The molecule has 0 aliphatic heterocycles. The quantitative estimate of drug-likeness (QED) is 0.845. The van der Waals surface area contributed by atoms with Gasteiger partial charge in [0, 0.05) is 18.9 Å². The number of nitrogens with one attached hydrogen (secondary N) is 1. The molecule has 0 saturated heterocycles. The highest BCUT2D eigenvalue weighted by atomic mass is 16.5. The summed E-state index contributed by atoms with van der Waals surface area (Å²) in [7, 11) is 0. The van der Waals surface area contributed by atoms with Gasteiger partial charge in [-0.25, -0.2) is 14.8 Å². The Labute approximate surface area is 122 Å². The summed E-state index contributed by atoms with van der Waals surface area (Å²) in [5, 5.41) is 11.8. The smallest absolute Gasteiger partial charge is 0.341 e. The van der Waals surface area contributed by atoms with E-state index in [0.717, 1.165) is 5.56 Å². The lowest BCUT2D eigenvalue weighted by Gasteiger charge is -2.05. The first-order valence-corrected chi connectivity index (χ1v) is 6.45. The Hall–Kier alpha value is -2.94. The average Bonchev–Trinajstić information content (AvgIpc) is 2.54. The molecule has 6 heteroatoms. The molecule has 0 atom stereocenters. The second-order valence-corrected chi connectivity index (χ2v) is 4.18. The van der Waals surface area contributed by atoms with Crippen LogP contribution in [0.4, 0.5) is 5.95 Å². The summed E-state index contributed by atoms with van der Waals surface area (Å²) >= 11 is 0. The minimum Gasteiger partial charge on any atom is -0.462 e. The highest BCUT2D eigenvalue weighted by Crippen LogP contribution is 2.07. The largest absolute Gasteiger partial charge is 0.462 e. The molecular formula is C15H14N4O2. The van der Waals surface area contributed by atoms with Gasteiger partial charge in [0.25, 0.3) is 0 Å². The minimum absolute atomic E-state index is 0.317. The molecule has 1 aromatic heterocycles. The number of esters is 1. The van der Waals surface area contributed by atoms with Gasteiger partial charge in [0.1, 0.15) is 0 Å². The number of benzene rings is 1. The van der Waals surface area contributed by atoms with Crippen LogP contribution in [0.1, 0.15) is 28.4 Å². The summed E-state index contributed by atoms with van der Waals surface area (Å²) < 4.78 is 4.85. The lowest BCUT2D eigenvalue weighted by molar-refractivity contribution is 0.0525. The van der Waals surface area contributed by atoms with Gasteiger partial charge < -0.3 is 10.1 Å². The lowest BCUT2D eigenvalue weighted by atomic mass is 10.1. The Kier molecular flexibility index (Phi) is 4.83. The third kappa shape index (κ3) is 4.01. The molecule has 0 aliphatic rings. The van der Waals surface area contributed by atoms with Gasteiger partial charge >= 0.3 is 5.97 Å². The molecule has 106 valence electrons. The Morgan fingerprint density at radius 3 is 2.52 bits per heavy atom. The van der Waals surface area contributed by atoms with Crippen molar-refractivity contribution in [1.29, 1.82) is 5.26 Å². The number of ether oxygens (including phenoxy) is 1. The number of nitriles is 1. The lowest BCUT2D eigenvalue weighted by Crippen LogP contribution is -2.08. The normalized spacial score (nSPS) is 9.71. The van der Waals surface area contributed by atoms with Gasteiger partial charge in [-0.2, -0.15) is 5.26 Å². The zero-order chi connectivity index (χ0) is 15.1. The summed E-state index contributed by atoms with van der Waals surface area (Å²) in [5.41, 5.74) is 1.95. The molecule has 0 bridgehead atoms. The molecule has 6 nitrogen and oxygen atoms in total. The Bertz CT molecular complexity index is 645. The van der Waals surface area contributed by atoms with E-state index in [1.807, 2.05) is 12.1 Å². The highest BCUT2D eigenvalue weighted by Gasteiger charge is 2.07. The van der Waals surface area contributed by atoms with Crippen molar-refractivity contribution < 1.29 is 9.53 Å². The monoisotopic (exact) mass is 282 g/mol. The fraction of sp³-hybridized carbons (Fsp3) is 0.200. The number of carbonyl (C=O) groups excluding carboxylic acids is 1. The highest BCUT2D eigenvalue weighted by molar-refractivity contribution is 5.88. The summed E-state index contributed by atoms with van der Waals surface area (Å²) in [6.07, 6.45) is 2.85. The first-order chi connectivity index (χ1) is 10.2. The zero-order valence-electron chi connectivity index (χ0n) is 11.5. The molecule has 2 rings (SSSR count). The summed E-state index contributed by atoms with van der Waals surface area (Å²) in [6.45, 7) is 2.59. The fourth-order valence-electron chi connectivity index (χ4n) is 1.62. The van der Waals surface area contributed by atoms with E-state index in [9.17, 15) is 4.79 Å². The van der Waals surface area contributed by atoms with Gasteiger partial charge in [-0.15, -0.1) is 0 Å². The third-order valence-electron chi connectivity index (χ3n) is 2.70. The van der Waals surface area contributed by atoms with Gasteiger partial charge in [-0.05, 0) is 24.6 Å². The Morgan fingerprint density at radius 1 is 1.29 bits per heavy atom. The van der Waals surface area contributed by atoms with Crippen molar-refractivity contribution >= 4 is 11.9 Å². The second-order valence-electron chi connectivity index (χ2n) is 4.18. The van der Waals surface area contributed by atoms with Crippen LogP contribution in [-0.2, 0) is 11.3 Å². The molecule has 21 heavy (non-hydrogen) atoms. The summed E-state index contributed by atoms with van der Waals surface area (Å²) in [4.78, 5) is 19.6. The van der Waals surface area contributed by atoms with Crippen LogP contribution in [0.2, 0.25) is 0 Å². The van der Waals surface area contributed by atoms with E-state index in [4.69, 9.17) is 10.00 Å². The van der Waals surface area contributed by atoms with Gasteiger partial charge in [0.05, 0.1) is 23.8 Å². The first kappa shape index (κ1) is 14.5. The van der Waals surface area contributed by atoms with E-state index in [0.29, 0.717) is 30.2 Å².